The van der Waals surface area contributed by atoms with Gasteiger partial charge in [-0.2, -0.15) is 0 Å². The number of benzene rings is 2. The minimum Gasteiger partial charge on any atom is -0.493 e. The van der Waals surface area contributed by atoms with Gasteiger partial charge in [0.1, 0.15) is 5.60 Å². The number of nitrogens with zero attached hydrogens (tertiary/aromatic N) is 2. The van der Waals surface area contributed by atoms with Crippen LogP contribution >= 0.6 is 0 Å². The molecule has 0 spiro atoms. The van der Waals surface area contributed by atoms with Crippen LogP contribution < -0.4 is 20.1 Å². The Morgan fingerprint density at radius 2 is 1.93 bits per heavy atom. The molecule has 158 valence electrons. The summed E-state index contributed by atoms with van der Waals surface area (Å²) in [6.07, 6.45) is 1.60. The van der Waals surface area contributed by atoms with E-state index in [-0.39, 0.29) is 11.1 Å². The van der Waals surface area contributed by atoms with Crippen molar-refractivity contribution in [3.8, 4) is 11.5 Å². The van der Waals surface area contributed by atoms with Gasteiger partial charge in [-0.25, -0.2) is 4.79 Å². The lowest BCUT2D eigenvalue weighted by atomic mass is 9.81. The van der Waals surface area contributed by atoms with E-state index >= 15 is 0 Å². The maximum absolute atomic E-state index is 11.7. The average Bonchev–Trinajstić information content (AvgIpc) is 3.00. The van der Waals surface area contributed by atoms with Gasteiger partial charge in [0.15, 0.2) is 11.5 Å². The Morgan fingerprint density at radius 1 is 1.20 bits per heavy atom. The number of carbonyl (C=O) groups is 1. The third-order valence-corrected chi connectivity index (χ3v) is 5.74. The van der Waals surface area contributed by atoms with E-state index in [0.717, 1.165) is 52.4 Å². The van der Waals surface area contributed by atoms with E-state index < -0.39 is 6.03 Å². The molecule has 30 heavy (non-hydrogen) atoms. The molecule has 2 amide bonds. The number of methoxy groups -OCH3 is 1. The van der Waals surface area contributed by atoms with Crippen LogP contribution in [0.4, 0.5) is 10.5 Å². The molecule has 2 aromatic rings. The molecule has 0 aliphatic carbocycles. The number of urea groups is 1. The highest BCUT2D eigenvalue weighted by atomic mass is 16.5. The largest absolute Gasteiger partial charge is 0.493 e. The summed E-state index contributed by atoms with van der Waals surface area (Å²) in [6.45, 7) is 8.45. The molecule has 2 aromatic carbocycles. The zero-order chi connectivity index (χ0) is 21.8. The molecule has 4 rings (SSSR count). The lowest BCUT2D eigenvalue weighted by molar-refractivity contribution is 0.134. The lowest BCUT2D eigenvalue weighted by Gasteiger charge is -2.31. The molecule has 0 aromatic heterocycles. The van der Waals surface area contributed by atoms with Crippen LogP contribution in [0.25, 0.3) is 0 Å². The van der Waals surface area contributed by atoms with E-state index in [1.807, 2.05) is 24.3 Å². The van der Waals surface area contributed by atoms with Crippen LogP contribution in [0.1, 0.15) is 49.9 Å². The second-order valence-corrected chi connectivity index (χ2v) is 9.36. The van der Waals surface area contributed by atoms with Crippen LogP contribution in [0, 0.1) is 0 Å². The number of ether oxygens (including phenoxy) is 2. The molecule has 6 heteroatoms. The van der Waals surface area contributed by atoms with Gasteiger partial charge in [-0.15, -0.1) is 0 Å². The summed E-state index contributed by atoms with van der Waals surface area (Å²) in [5.41, 5.74) is 11.0. The van der Waals surface area contributed by atoms with Gasteiger partial charge in [0.05, 0.1) is 18.4 Å². The number of aliphatic imine (C=N–C) groups is 1. The Bertz CT molecular complexity index is 1070. The van der Waals surface area contributed by atoms with Gasteiger partial charge in [-0.05, 0) is 57.9 Å². The number of amides is 2. The molecule has 6 nitrogen and oxygen atoms in total. The maximum Gasteiger partial charge on any atom is 0.318 e. The fourth-order valence-corrected chi connectivity index (χ4v) is 4.42. The molecule has 0 unspecified atom stereocenters. The van der Waals surface area contributed by atoms with E-state index in [1.54, 1.807) is 14.2 Å². The van der Waals surface area contributed by atoms with E-state index in [0.29, 0.717) is 0 Å². The summed E-state index contributed by atoms with van der Waals surface area (Å²) in [5.74, 6) is 1.58. The van der Waals surface area contributed by atoms with Crippen molar-refractivity contribution < 1.29 is 14.3 Å². The van der Waals surface area contributed by atoms with E-state index in [1.165, 1.54) is 10.5 Å². The van der Waals surface area contributed by atoms with Crippen molar-refractivity contribution >= 4 is 17.4 Å². The summed E-state index contributed by atoms with van der Waals surface area (Å²) in [6, 6.07) is 9.38. The minimum atomic E-state index is -0.501. The average molecular weight is 408 g/mol. The summed E-state index contributed by atoms with van der Waals surface area (Å²) in [4.78, 5) is 18.2. The van der Waals surface area contributed by atoms with E-state index in [2.05, 4.69) is 33.8 Å². The molecular weight excluding hydrogens is 378 g/mol. The number of fused-ring (bicyclic) bond motifs is 3. The number of anilines is 1. The highest BCUT2D eigenvalue weighted by Crippen LogP contribution is 2.47. The first-order valence-electron chi connectivity index (χ1n) is 10.2. The van der Waals surface area contributed by atoms with Crippen molar-refractivity contribution in [1.82, 2.24) is 0 Å². The lowest BCUT2D eigenvalue weighted by Crippen LogP contribution is -2.32. The second kappa shape index (κ2) is 6.76. The van der Waals surface area contributed by atoms with Gasteiger partial charge in [0.2, 0.25) is 0 Å². The van der Waals surface area contributed by atoms with Crippen molar-refractivity contribution in [2.75, 3.05) is 19.1 Å². The molecule has 0 atom stereocenters. The number of rotatable bonds is 3. The molecule has 0 saturated heterocycles. The van der Waals surface area contributed by atoms with Crippen LogP contribution in [0.2, 0.25) is 0 Å². The molecule has 0 radical (unpaired) electrons. The minimum absolute atomic E-state index is 0.262. The SMILES string of the molecule is COc1cc2c(c3c1OC(C)(C)C3)C(c1cccc(N(C)C(N)=O)c1)=NC(C)(C)C2. The monoisotopic (exact) mass is 407 g/mol. The third-order valence-electron chi connectivity index (χ3n) is 5.74. The second-order valence-electron chi connectivity index (χ2n) is 9.36. The number of hydrogen-bond donors (Lipinski definition) is 1. The van der Waals surface area contributed by atoms with Crippen LogP contribution in [0.3, 0.4) is 0 Å². The van der Waals surface area contributed by atoms with Crippen LogP contribution in [-0.4, -0.2) is 37.0 Å². The van der Waals surface area contributed by atoms with Crippen LogP contribution in [0.5, 0.6) is 11.5 Å². The zero-order valence-corrected chi connectivity index (χ0v) is 18.5. The van der Waals surface area contributed by atoms with Crippen LogP contribution in [0.15, 0.2) is 35.3 Å². The maximum atomic E-state index is 11.7. The normalized spacial score (nSPS) is 18.0. The molecule has 2 aliphatic heterocycles. The Kier molecular flexibility index (Phi) is 4.56. The molecule has 0 saturated carbocycles. The molecule has 2 aliphatic rings. The Balaban J connectivity index is 1.94. The summed E-state index contributed by atoms with van der Waals surface area (Å²) < 4.78 is 11.9. The summed E-state index contributed by atoms with van der Waals surface area (Å²) >= 11 is 0. The van der Waals surface area contributed by atoms with Gasteiger partial charge in [-0.1, -0.05) is 12.1 Å². The van der Waals surface area contributed by atoms with Crippen molar-refractivity contribution in [3.63, 3.8) is 0 Å². The highest BCUT2D eigenvalue weighted by Gasteiger charge is 2.39. The molecule has 0 bridgehead atoms. The smallest absolute Gasteiger partial charge is 0.318 e. The topological polar surface area (TPSA) is 77.1 Å². The van der Waals surface area contributed by atoms with E-state index in [4.69, 9.17) is 20.2 Å². The standard InChI is InChI=1S/C24H29N3O3/c1-23(2)12-15-11-18(29-6)21-17(13-24(3,4)30-21)19(15)20(26-23)14-8-7-9-16(10-14)27(5)22(25)28/h7-11H,12-13H2,1-6H3,(H2,25,28). The van der Waals surface area contributed by atoms with E-state index in [9.17, 15) is 4.79 Å². The molecule has 2 heterocycles. The third kappa shape index (κ3) is 3.40. The quantitative estimate of drug-likeness (QED) is 0.832. The van der Waals surface area contributed by atoms with Crippen molar-refractivity contribution in [3.05, 3.63) is 52.6 Å². The van der Waals surface area contributed by atoms with Gasteiger partial charge in [0, 0.05) is 35.8 Å². The Morgan fingerprint density at radius 3 is 2.60 bits per heavy atom. The Labute approximate surface area is 177 Å². The first-order chi connectivity index (χ1) is 14.0. The fraction of sp³-hybridized carbons (Fsp3) is 0.417. The predicted molar refractivity (Wildman–Crippen MR) is 119 cm³/mol. The zero-order valence-electron chi connectivity index (χ0n) is 18.5. The van der Waals surface area contributed by atoms with Crippen molar-refractivity contribution in [2.24, 2.45) is 10.7 Å². The summed E-state index contributed by atoms with van der Waals surface area (Å²) in [5, 5.41) is 0. The first kappa shape index (κ1) is 20.3. The van der Waals surface area contributed by atoms with Gasteiger partial charge >= 0.3 is 6.03 Å². The van der Waals surface area contributed by atoms with Crippen molar-refractivity contribution in [2.45, 2.75) is 51.7 Å². The molecule has 2 N–H and O–H groups in total. The van der Waals surface area contributed by atoms with Crippen LogP contribution in [-0.2, 0) is 12.8 Å². The number of nitrogens with two attached hydrogens (primary N) is 1. The number of carbonyl (C=O) groups excluding carboxylic acids is 1. The fourth-order valence-electron chi connectivity index (χ4n) is 4.42. The van der Waals surface area contributed by atoms with Gasteiger partial charge < -0.3 is 15.2 Å². The predicted octanol–water partition coefficient (Wildman–Crippen LogP) is 4.10. The van der Waals surface area contributed by atoms with Crippen molar-refractivity contribution in [1.29, 1.82) is 0 Å². The van der Waals surface area contributed by atoms with Gasteiger partial charge in [-0.3, -0.25) is 9.89 Å². The molecule has 0 fully saturated rings. The summed E-state index contributed by atoms with van der Waals surface area (Å²) in [7, 11) is 3.35. The Hall–Kier alpha value is -3.02. The van der Waals surface area contributed by atoms with Gasteiger partial charge in [0.25, 0.3) is 0 Å². The number of hydrogen-bond acceptors (Lipinski definition) is 4. The first-order valence-corrected chi connectivity index (χ1v) is 10.2. The highest BCUT2D eigenvalue weighted by molar-refractivity contribution is 6.16. The molecular formula is C24H29N3O3. The number of primary amides is 1.